The van der Waals surface area contributed by atoms with E-state index in [1.807, 2.05) is 68.4 Å². The van der Waals surface area contributed by atoms with Crippen molar-refractivity contribution in [2.75, 3.05) is 39.4 Å². The normalized spacial score (nSPS) is 15.7. The van der Waals surface area contributed by atoms with Gasteiger partial charge in [-0.15, -0.1) is 0 Å². The minimum atomic E-state index is -2.61. The monoisotopic (exact) mass is 809 g/mol. The summed E-state index contributed by atoms with van der Waals surface area (Å²) in [6.07, 6.45) is 1.08. The van der Waals surface area contributed by atoms with E-state index < -0.39 is 62.0 Å². The highest BCUT2D eigenvalue weighted by molar-refractivity contribution is 6.74. The Kier molecular flexibility index (Phi) is 17.3. The standard InChI is InChI=1S/C43H67N5O8Si/c1-11-12-14-23-36(49)47-43(28-33-21-17-18-22-34(33)32-19-15-13-16-20-32,38(51)44-30-37(50)46-39(52)48-24-26-54-27-25-48)31(2)35(56-57(9,10)42(6,7)8)29-45-40(53)55-41(3,4)5/h13,15-22,31,35H,11-12,14,23-30H2,1-10H3,(H,44,51)(H,45,53)(H,47,49)(H,46,50,52)/t31-,35?,43-/m0/s1. The zero-order chi connectivity index (χ0) is 42.4. The van der Waals surface area contributed by atoms with E-state index in [-0.39, 0.29) is 30.3 Å². The van der Waals surface area contributed by atoms with Crippen LogP contribution in [0.4, 0.5) is 9.59 Å². The molecule has 1 aliphatic heterocycles. The number of hydrogen-bond donors (Lipinski definition) is 4. The first-order valence-corrected chi connectivity index (χ1v) is 23.1. The average molecular weight is 810 g/mol. The zero-order valence-corrected chi connectivity index (χ0v) is 36.8. The lowest BCUT2D eigenvalue weighted by atomic mass is 9.74. The number of rotatable bonds is 17. The lowest BCUT2D eigenvalue weighted by Gasteiger charge is -2.46. The van der Waals surface area contributed by atoms with Crippen molar-refractivity contribution >= 4 is 38.2 Å². The van der Waals surface area contributed by atoms with Gasteiger partial charge in [-0.05, 0) is 62.0 Å². The Morgan fingerprint density at radius 2 is 1.49 bits per heavy atom. The number of benzene rings is 2. The molecule has 0 saturated carbocycles. The second-order valence-corrected chi connectivity index (χ2v) is 22.2. The fourth-order valence-electron chi connectivity index (χ4n) is 6.40. The van der Waals surface area contributed by atoms with Crippen LogP contribution < -0.4 is 21.3 Å². The maximum Gasteiger partial charge on any atom is 0.407 e. The average Bonchev–Trinajstić information content (AvgIpc) is 3.14. The van der Waals surface area contributed by atoms with Crippen LogP contribution in [-0.4, -0.2) is 99.7 Å². The minimum absolute atomic E-state index is 0.0166. The number of carbonyl (C=O) groups excluding carboxylic acids is 5. The van der Waals surface area contributed by atoms with E-state index in [0.29, 0.717) is 32.7 Å². The van der Waals surface area contributed by atoms with Crippen molar-refractivity contribution in [3.8, 4) is 11.1 Å². The Hall–Kier alpha value is -4.27. The number of urea groups is 1. The van der Waals surface area contributed by atoms with E-state index in [0.717, 1.165) is 29.5 Å². The third-order valence-electron chi connectivity index (χ3n) is 10.7. The van der Waals surface area contributed by atoms with Crippen LogP contribution in [0, 0.1) is 5.92 Å². The summed E-state index contributed by atoms with van der Waals surface area (Å²) >= 11 is 0. The summed E-state index contributed by atoms with van der Waals surface area (Å²) in [4.78, 5) is 69.9. The van der Waals surface area contributed by atoms with Crippen molar-refractivity contribution in [1.29, 1.82) is 0 Å². The molecule has 1 unspecified atom stereocenters. The van der Waals surface area contributed by atoms with E-state index in [1.54, 1.807) is 20.8 Å². The van der Waals surface area contributed by atoms with Gasteiger partial charge in [0.05, 0.1) is 25.9 Å². The van der Waals surface area contributed by atoms with Crippen LogP contribution in [0.2, 0.25) is 18.1 Å². The molecule has 3 rings (SSSR count). The minimum Gasteiger partial charge on any atom is -0.444 e. The second kappa shape index (κ2) is 20.9. The molecule has 57 heavy (non-hydrogen) atoms. The van der Waals surface area contributed by atoms with Crippen molar-refractivity contribution in [1.82, 2.24) is 26.2 Å². The van der Waals surface area contributed by atoms with Crippen molar-refractivity contribution < 1.29 is 37.9 Å². The molecule has 1 aliphatic rings. The molecule has 4 N–H and O–H groups in total. The lowest BCUT2D eigenvalue weighted by Crippen LogP contribution is -2.68. The third-order valence-corrected chi connectivity index (χ3v) is 15.2. The molecular weight excluding hydrogens is 743 g/mol. The number of morpholine rings is 1. The number of imide groups is 1. The first-order valence-electron chi connectivity index (χ1n) is 20.2. The van der Waals surface area contributed by atoms with E-state index in [4.69, 9.17) is 13.9 Å². The highest BCUT2D eigenvalue weighted by Gasteiger charge is 2.51. The van der Waals surface area contributed by atoms with Crippen molar-refractivity contribution in [3.05, 3.63) is 60.2 Å². The van der Waals surface area contributed by atoms with Crippen LogP contribution >= 0.6 is 0 Å². The molecule has 0 spiro atoms. The van der Waals surface area contributed by atoms with Crippen molar-refractivity contribution in [3.63, 3.8) is 0 Å². The number of unbranched alkanes of at least 4 members (excludes halogenated alkanes) is 2. The summed E-state index contributed by atoms with van der Waals surface area (Å²) in [7, 11) is -2.61. The molecule has 0 aliphatic carbocycles. The second-order valence-electron chi connectivity index (χ2n) is 17.4. The fourth-order valence-corrected chi connectivity index (χ4v) is 7.80. The van der Waals surface area contributed by atoms with Crippen LogP contribution in [0.15, 0.2) is 54.6 Å². The summed E-state index contributed by atoms with van der Waals surface area (Å²) in [6, 6.07) is 16.9. The Bertz CT molecular complexity index is 1650. The van der Waals surface area contributed by atoms with Gasteiger partial charge in [-0.25, -0.2) is 9.59 Å². The van der Waals surface area contributed by atoms with Gasteiger partial charge in [0, 0.05) is 38.4 Å². The van der Waals surface area contributed by atoms with Crippen molar-refractivity contribution in [2.45, 2.75) is 123 Å². The molecular formula is C43H67N5O8Si. The summed E-state index contributed by atoms with van der Waals surface area (Å²) in [5.74, 6) is -2.46. The lowest BCUT2D eigenvalue weighted by molar-refractivity contribution is -0.138. The highest BCUT2D eigenvalue weighted by atomic mass is 28.4. The van der Waals surface area contributed by atoms with E-state index in [9.17, 15) is 19.2 Å². The first kappa shape index (κ1) is 47.1. The molecule has 2 aromatic carbocycles. The predicted octanol–water partition coefficient (Wildman–Crippen LogP) is 6.57. The molecule has 1 saturated heterocycles. The van der Waals surface area contributed by atoms with Crippen LogP contribution in [0.25, 0.3) is 11.1 Å². The van der Waals surface area contributed by atoms with Gasteiger partial charge >= 0.3 is 12.1 Å². The number of carbonyl (C=O) groups is 5. The van der Waals surface area contributed by atoms with E-state index in [2.05, 4.69) is 55.1 Å². The molecule has 316 valence electrons. The van der Waals surface area contributed by atoms with Gasteiger partial charge in [-0.2, -0.15) is 0 Å². The summed E-state index contributed by atoms with van der Waals surface area (Å²) in [5, 5.41) is 11.0. The van der Waals surface area contributed by atoms with Gasteiger partial charge in [0.25, 0.3) is 0 Å². The SMILES string of the molecule is CCCCCC(=O)N[C@](Cc1ccccc1-c1ccccc1)(C(=O)NCC(=O)NC(=O)N1CCOCC1)[C@@H](C)C(CNC(=O)OC(C)(C)C)O[Si](C)(C)C(C)(C)C. The Labute approximate surface area is 340 Å². The molecule has 3 atom stereocenters. The molecule has 14 heteroatoms. The molecule has 0 aromatic heterocycles. The molecule has 1 heterocycles. The molecule has 1 fully saturated rings. The third kappa shape index (κ3) is 14.3. The number of nitrogens with one attached hydrogen (secondary N) is 4. The van der Waals surface area contributed by atoms with Gasteiger partial charge in [0.2, 0.25) is 17.7 Å². The highest BCUT2D eigenvalue weighted by Crippen LogP contribution is 2.40. The summed E-state index contributed by atoms with van der Waals surface area (Å²) < 4.78 is 18.0. The maximum atomic E-state index is 15.1. The van der Waals surface area contributed by atoms with Crippen LogP contribution in [0.5, 0.6) is 0 Å². The Balaban J connectivity index is 2.18. The van der Waals surface area contributed by atoms with E-state index >= 15 is 4.79 Å². The predicted molar refractivity (Wildman–Crippen MR) is 225 cm³/mol. The van der Waals surface area contributed by atoms with Gasteiger partial charge in [0.15, 0.2) is 8.32 Å². The maximum absolute atomic E-state index is 15.1. The number of hydrogen-bond acceptors (Lipinski definition) is 8. The topological polar surface area (TPSA) is 164 Å². The largest absolute Gasteiger partial charge is 0.444 e. The molecule has 13 nitrogen and oxygen atoms in total. The van der Waals surface area contributed by atoms with Gasteiger partial charge in [-0.3, -0.25) is 19.7 Å². The van der Waals surface area contributed by atoms with Crippen LogP contribution in [-0.2, 0) is 34.7 Å². The van der Waals surface area contributed by atoms with Crippen LogP contribution in [0.1, 0.15) is 86.6 Å². The van der Waals surface area contributed by atoms with Crippen molar-refractivity contribution in [2.24, 2.45) is 5.92 Å². The number of ether oxygens (including phenoxy) is 2. The Morgan fingerprint density at radius 1 is 0.860 bits per heavy atom. The molecule has 6 amide bonds. The summed E-state index contributed by atoms with van der Waals surface area (Å²) in [5.41, 5.74) is 0.0895. The first-order chi connectivity index (χ1) is 26.7. The number of amides is 6. The number of alkyl carbamates (subject to hydrolysis) is 1. The molecule has 2 aromatic rings. The molecule has 0 radical (unpaired) electrons. The quantitative estimate of drug-likeness (QED) is 0.103. The summed E-state index contributed by atoms with van der Waals surface area (Å²) in [6.45, 7) is 20.5. The number of nitrogens with zero attached hydrogens (tertiary/aromatic N) is 1. The van der Waals surface area contributed by atoms with Gasteiger partial charge in [-0.1, -0.05) is 102 Å². The fraction of sp³-hybridized carbons (Fsp3) is 0.605. The van der Waals surface area contributed by atoms with Crippen LogP contribution in [0.3, 0.4) is 0 Å². The molecule has 0 bridgehead atoms. The van der Waals surface area contributed by atoms with Gasteiger partial charge < -0.3 is 34.8 Å². The smallest absolute Gasteiger partial charge is 0.407 e. The Morgan fingerprint density at radius 3 is 2.11 bits per heavy atom. The zero-order valence-electron chi connectivity index (χ0n) is 35.8. The van der Waals surface area contributed by atoms with Gasteiger partial charge in [0.1, 0.15) is 11.1 Å². The van der Waals surface area contributed by atoms with E-state index in [1.165, 1.54) is 4.90 Å².